The number of rotatable bonds is 5. The lowest BCUT2D eigenvalue weighted by atomic mass is 9.94. The van der Waals surface area contributed by atoms with Gasteiger partial charge in [0.2, 0.25) is 0 Å². The Morgan fingerprint density at radius 2 is 1.92 bits per heavy atom. The van der Waals surface area contributed by atoms with Gasteiger partial charge in [0.15, 0.2) is 0 Å². The Morgan fingerprint density at radius 3 is 2.23 bits per heavy atom. The second-order valence-electron chi connectivity index (χ2n) is 3.81. The Hall–Kier alpha value is -0.370. The van der Waals surface area contributed by atoms with E-state index in [2.05, 4.69) is 18.8 Å². The van der Waals surface area contributed by atoms with Crippen molar-refractivity contribution in [2.24, 2.45) is 4.99 Å². The van der Waals surface area contributed by atoms with Gasteiger partial charge in [-0.25, -0.2) is 0 Å². The SMILES string of the molecule is CCC(=NC(C)CC)C(C)(O)CC. The van der Waals surface area contributed by atoms with E-state index in [-0.39, 0.29) is 0 Å². The lowest BCUT2D eigenvalue weighted by Crippen LogP contribution is -2.34. The zero-order valence-corrected chi connectivity index (χ0v) is 9.59. The number of hydrogen-bond donors (Lipinski definition) is 1. The molecule has 2 heteroatoms. The molecule has 78 valence electrons. The molecule has 0 rings (SSSR count). The summed E-state index contributed by atoms with van der Waals surface area (Å²) in [5.74, 6) is 0. The van der Waals surface area contributed by atoms with Gasteiger partial charge in [-0.3, -0.25) is 4.99 Å². The average Bonchev–Trinajstić information content (AvgIpc) is 2.13. The van der Waals surface area contributed by atoms with E-state index >= 15 is 0 Å². The first-order valence-electron chi connectivity index (χ1n) is 5.27. The molecule has 1 N–H and O–H groups in total. The Bertz CT molecular complexity index is 173. The molecule has 2 nitrogen and oxygen atoms in total. The van der Waals surface area contributed by atoms with Crippen molar-refractivity contribution in [3.8, 4) is 0 Å². The zero-order valence-electron chi connectivity index (χ0n) is 9.59. The Labute approximate surface area is 82.1 Å². The molecule has 0 aromatic carbocycles. The summed E-state index contributed by atoms with van der Waals surface area (Å²) >= 11 is 0. The van der Waals surface area contributed by atoms with Crippen LogP contribution in [0.3, 0.4) is 0 Å². The maximum absolute atomic E-state index is 10.00. The quantitative estimate of drug-likeness (QED) is 0.656. The van der Waals surface area contributed by atoms with Crippen LogP contribution in [0.15, 0.2) is 4.99 Å². The highest BCUT2D eigenvalue weighted by atomic mass is 16.3. The molecule has 0 saturated carbocycles. The first kappa shape index (κ1) is 12.6. The normalized spacial score (nSPS) is 19.7. The van der Waals surface area contributed by atoms with Gasteiger partial charge >= 0.3 is 0 Å². The number of aliphatic imine (C=N–C) groups is 1. The van der Waals surface area contributed by atoms with Gasteiger partial charge in [0.25, 0.3) is 0 Å². The van der Waals surface area contributed by atoms with Crippen molar-refractivity contribution >= 4 is 5.71 Å². The minimum absolute atomic E-state index is 0.327. The molecule has 13 heavy (non-hydrogen) atoms. The molecule has 0 spiro atoms. The Kier molecular flexibility index (Phi) is 5.23. The third kappa shape index (κ3) is 3.90. The second-order valence-corrected chi connectivity index (χ2v) is 3.81. The van der Waals surface area contributed by atoms with Gasteiger partial charge in [0.05, 0.1) is 5.60 Å². The molecule has 0 aliphatic carbocycles. The van der Waals surface area contributed by atoms with Gasteiger partial charge in [-0.2, -0.15) is 0 Å². The van der Waals surface area contributed by atoms with Crippen LogP contribution in [0.1, 0.15) is 53.9 Å². The van der Waals surface area contributed by atoms with Crippen molar-refractivity contribution in [3.05, 3.63) is 0 Å². The highest BCUT2D eigenvalue weighted by Gasteiger charge is 2.23. The summed E-state index contributed by atoms with van der Waals surface area (Å²) in [6, 6.07) is 0.327. The van der Waals surface area contributed by atoms with Gasteiger partial charge < -0.3 is 5.11 Å². The van der Waals surface area contributed by atoms with E-state index in [0.29, 0.717) is 6.04 Å². The smallest absolute Gasteiger partial charge is 0.0991 e. The molecule has 2 unspecified atom stereocenters. The van der Waals surface area contributed by atoms with Gasteiger partial charge in [-0.15, -0.1) is 0 Å². The highest BCUT2D eigenvalue weighted by Crippen LogP contribution is 2.15. The molecule has 0 radical (unpaired) electrons. The van der Waals surface area contributed by atoms with Gasteiger partial charge in [0, 0.05) is 11.8 Å². The van der Waals surface area contributed by atoms with E-state index in [0.717, 1.165) is 25.0 Å². The minimum atomic E-state index is -0.710. The Morgan fingerprint density at radius 1 is 1.38 bits per heavy atom. The molecule has 0 fully saturated rings. The molecule has 2 atom stereocenters. The van der Waals surface area contributed by atoms with Crippen LogP contribution in [0.25, 0.3) is 0 Å². The summed E-state index contributed by atoms with van der Waals surface area (Å²) < 4.78 is 0. The second kappa shape index (κ2) is 5.38. The molecule has 0 saturated heterocycles. The topological polar surface area (TPSA) is 32.6 Å². The van der Waals surface area contributed by atoms with Crippen LogP contribution in [0.4, 0.5) is 0 Å². The standard InChI is InChI=1S/C11H23NO/c1-6-9(4)12-10(7-2)11(5,13)8-3/h9,13H,6-8H2,1-5H3. The summed E-state index contributed by atoms with van der Waals surface area (Å²) in [6.07, 6.45) is 2.60. The lowest BCUT2D eigenvalue weighted by molar-refractivity contribution is 0.126. The molecule has 0 aliphatic rings. The monoisotopic (exact) mass is 185 g/mol. The number of aliphatic hydroxyl groups is 1. The number of hydrogen-bond acceptors (Lipinski definition) is 2. The molecule has 0 heterocycles. The zero-order chi connectivity index (χ0) is 10.5. The average molecular weight is 185 g/mol. The van der Waals surface area contributed by atoms with Crippen LogP contribution in [-0.2, 0) is 0 Å². The van der Waals surface area contributed by atoms with E-state index in [1.807, 2.05) is 20.8 Å². The van der Waals surface area contributed by atoms with Crippen molar-refractivity contribution in [1.82, 2.24) is 0 Å². The van der Waals surface area contributed by atoms with Crippen LogP contribution in [0.2, 0.25) is 0 Å². The summed E-state index contributed by atoms with van der Waals surface area (Å²) in [7, 11) is 0. The molecule has 0 aromatic rings. The fourth-order valence-electron chi connectivity index (χ4n) is 1.17. The Balaban J connectivity index is 4.58. The fraction of sp³-hybridized carbons (Fsp3) is 0.909. The van der Waals surface area contributed by atoms with Crippen molar-refractivity contribution < 1.29 is 5.11 Å². The predicted molar refractivity (Wildman–Crippen MR) is 58.4 cm³/mol. The van der Waals surface area contributed by atoms with Crippen LogP contribution in [-0.4, -0.2) is 22.5 Å². The highest BCUT2D eigenvalue weighted by molar-refractivity contribution is 5.91. The lowest BCUT2D eigenvalue weighted by Gasteiger charge is -2.24. The van der Waals surface area contributed by atoms with Crippen molar-refractivity contribution in [2.75, 3.05) is 0 Å². The molecule has 0 amide bonds. The maximum Gasteiger partial charge on any atom is 0.0991 e. The first-order valence-corrected chi connectivity index (χ1v) is 5.27. The first-order chi connectivity index (χ1) is 5.97. The largest absolute Gasteiger partial charge is 0.384 e. The number of nitrogens with zero attached hydrogens (tertiary/aromatic N) is 1. The molecule has 0 aromatic heterocycles. The molecule has 0 bridgehead atoms. The molecular weight excluding hydrogens is 162 g/mol. The fourth-order valence-corrected chi connectivity index (χ4v) is 1.17. The van der Waals surface area contributed by atoms with E-state index in [1.165, 1.54) is 0 Å². The van der Waals surface area contributed by atoms with Crippen molar-refractivity contribution in [1.29, 1.82) is 0 Å². The van der Waals surface area contributed by atoms with Crippen molar-refractivity contribution in [3.63, 3.8) is 0 Å². The summed E-state index contributed by atoms with van der Waals surface area (Å²) in [6.45, 7) is 10.1. The van der Waals surface area contributed by atoms with E-state index in [9.17, 15) is 5.11 Å². The van der Waals surface area contributed by atoms with Gasteiger partial charge in [-0.1, -0.05) is 20.8 Å². The maximum atomic E-state index is 10.00. The van der Waals surface area contributed by atoms with E-state index in [4.69, 9.17) is 0 Å². The van der Waals surface area contributed by atoms with Gasteiger partial charge in [0.1, 0.15) is 0 Å². The molecule has 0 aliphatic heterocycles. The van der Waals surface area contributed by atoms with Crippen LogP contribution >= 0.6 is 0 Å². The molecular formula is C11H23NO. The van der Waals surface area contributed by atoms with Crippen molar-refractivity contribution in [2.45, 2.75) is 65.5 Å². The van der Waals surface area contributed by atoms with E-state index in [1.54, 1.807) is 0 Å². The van der Waals surface area contributed by atoms with Crippen LogP contribution in [0.5, 0.6) is 0 Å². The summed E-state index contributed by atoms with van der Waals surface area (Å²) in [5, 5.41) is 10.00. The summed E-state index contributed by atoms with van der Waals surface area (Å²) in [5.41, 5.74) is 0.224. The van der Waals surface area contributed by atoms with Gasteiger partial charge in [-0.05, 0) is 33.1 Å². The minimum Gasteiger partial charge on any atom is -0.384 e. The summed E-state index contributed by atoms with van der Waals surface area (Å²) in [4.78, 5) is 4.52. The third-order valence-electron chi connectivity index (χ3n) is 2.61. The predicted octanol–water partition coefficient (Wildman–Crippen LogP) is 2.80. The van der Waals surface area contributed by atoms with Crippen LogP contribution < -0.4 is 0 Å². The van der Waals surface area contributed by atoms with Crippen LogP contribution in [0, 0.1) is 0 Å². The third-order valence-corrected chi connectivity index (χ3v) is 2.61. The van der Waals surface area contributed by atoms with E-state index < -0.39 is 5.60 Å².